The number of para-hydroxylation sites is 1. The third-order valence-corrected chi connectivity index (χ3v) is 4.31. The number of thiazole rings is 1. The van der Waals surface area contributed by atoms with Crippen molar-refractivity contribution in [3.8, 4) is 0 Å². The maximum absolute atomic E-state index is 12.1. The van der Waals surface area contributed by atoms with Crippen LogP contribution in [-0.2, 0) is 17.9 Å². The average Bonchev–Trinajstić information content (AvgIpc) is 3.10. The van der Waals surface area contributed by atoms with Crippen LogP contribution in [0, 0.1) is 0 Å². The first-order chi connectivity index (χ1) is 13.1. The maximum Gasteiger partial charge on any atom is 0.345 e. The van der Waals surface area contributed by atoms with Gasteiger partial charge in [-0.3, -0.25) is 14.3 Å². The van der Waals surface area contributed by atoms with Gasteiger partial charge in [-0.1, -0.05) is 18.2 Å². The minimum Gasteiger partial charge on any atom is -0.455 e. The minimum atomic E-state index is -0.881. The first-order valence-electron chi connectivity index (χ1n) is 7.95. The van der Waals surface area contributed by atoms with Gasteiger partial charge in [0, 0.05) is 17.3 Å². The molecule has 3 N–H and O–H groups in total. The molecule has 1 aromatic carbocycles. The molecule has 0 bridgehead atoms. The van der Waals surface area contributed by atoms with E-state index >= 15 is 0 Å². The largest absolute Gasteiger partial charge is 0.455 e. The molecule has 0 fully saturated rings. The number of hydrogen-bond donors (Lipinski definition) is 3. The number of aromatic amines is 1. The van der Waals surface area contributed by atoms with Gasteiger partial charge in [0.05, 0.1) is 18.8 Å². The van der Waals surface area contributed by atoms with Gasteiger partial charge in [0.25, 0.3) is 5.56 Å². The van der Waals surface area contributed by atoms with Gasteiger partial charge >= 0.3 is 11.7 Å². The summed E-state index contributed by atoms with van der Waals surface area (Å²) in [6, 6.07) is 9.49. The van der Waals surface area contributed by atoms with Crippen LogP contribution in [0.2, 0.25) is 0 Å². The molecule has 0 radical (unpaired) electrons. The predicted molar refractivity (Wildman–Crippen MR) is 99.4 cm³/mol. The van der Waals surface area contributed by atoms with E-state index < -0.39 is 17.2 Å². The number of aliphatic hydroxyl groups is 1. The molecular weight excluding hydrogens is 372 g/mol. The van der Waals surface area contributed by atoms with Crippen molar-refractivity contribution in [1.82, 2.24) is 14.5 Å². The molecule has 0 aliphatic heterocycles. The highest BCUT2D eigenvalue weighted by atomic mass is 32.1. The number of ether oxygens (including phenoxy) is 1. The van der Waals surface area contributed by atoms with Crippen LogP contribution in [-0.4, -0.2) is 32.2 Å². The third-order valence-electron chi connectivity index (χ3n) is 3.50. The van der Waals surface area contributed by atoms with Crippen LogP contribution >= 0.6 is 11.3 Å². The summed E-state index contributed by atoms with van der Waals surface area (Å²) < 4.78 is 6.14. The fourth-order valence-corrected chi connectivity index (χ4v) is 2.94. The number of nitrogens with one attached hydrogen (secondary N) is 2. The Bertz CT molecular complexity index is 1040. The minimum absolute atomic E-state index is 0.0451. The summed E-state index contributed by atoms with van der Waals surface area (Å²) in [6.07, 6.45) is 1.07. The molecule has 0 aliphatic rings. The molecule has 0 aliphatic carbocycles. The number of anilines is 2. The number of aliphatic hydroxyl groups excluding tert-OH is 1. The molecule has 9 nitrogen and oxygen atoms in total. The number of hydrogen-bond acceptors (Lipinski definition) is 8. The van der Waals surface area contributed by atoms with Crippen molar-refractivity contribution in [2.75, 3.05) is 11.9 Å². The topological polar surface area (TPSA) is 126 Å². The quantitative estimate of drug-likeness (QED) is 0.517. The highest BCUT2D eigenvalue weighted by Gasteiger charge is 2.15. The maximum atomic E-state index is 12.1. The fraction of sp³-hybridized carbons (Fsp3) is 0.176. The summed E-state index contributed by atoms with van der Waals surface area (Å²) in [5.41, 5.74) is -0.466. The molecule has 10 heteroatoms. The van der Waals surface area contributed by atoms with E-state index in [2.05, 4.69) is 10.3 Å². The number of esters is 1. The number of H-pyrrole nitrogens is 1. The van der Waals surface area contributed by atoms with Gasteiger partial charge in [0.2, 0.25) is 0 Å². The van der Waals surface area contributed by atoms with Crippen LogP contribution < -0.4 is 16.6 Å². The second-order valence-corrected chi connectivity index (χ2v) is 6.29. The smallest absolute Gasteiger partial charge is 0.345 e. The molecule has 2 heterocycles. The molecule has 0 saturated heterocycles. The zero-order chi connectivity index (χ0) is 19.2. The number of benzene rings is 1. The molecule has 0 saturated carbocycles. The Morgan fingerprint density at radius 3 is 2.81 bits per heavy atom. The van der Waals surface area contributed by atoms with Gasteiger partial charge in [-0.05, 0) is 12.1 Å². The Morgan fingerprint density at radius 2 is 2.07 bits per heavy atom. The zero-order valence-electron chi connectivity index (χ0n) is 14.0. The van der Waals surface area contributed by atoms with E-state index in [4.69, 9.17) is 9.84 Å². The van der Waals surface area contributed by atoms with Crippen LogP contribution in [0.25, 0.3) is 0 Å². The van der Waals surface area contributed by atoms with Gasteiger partial charge in [0.15, 0.2) is 5.13 Å². The van der Waals surface area contributed by atoms with Crippen molar-refractivity contribution in [2.24, 2.45) is 0 Å². The zero-order valence-corrected chi connectivity index (χ0v) is 14.9. The first-order valence-corrected chi connectivity index (χ1v) is 8.83. The lowest BCUT2D eigenvalue weighted by Gasteiger charge is -2.06. The SMILES string of the molecule is O=C(OCc1csc(Nc2ccccc2)n1)c1cn(CCO)c(=O)[nH]c1=O. The number of aromatic nitrogens is 3. The second-order valence-electron chi connectivity index (χ2n) is 5.43. The van der Waals surface area contributed by atoms with Crippen molar-refractivity contribution in [1.29, 1.82) is 0 Å². The van der Waals surface area contributed by atoms with E-state index in [0.717, 1.165) is 16.5 Å². The van der Waals surface area contributed by atoms with E-state index in [0.29, 0.717) is 10.8 Å². The van der Waals surface area contributed by atoms with Crippen molar-refractivity contribution in [3.63, 3.8) is 0 Å². The van der Waals surface area contributed by atoms with Crippen LogP contribution in [0.1, 0.15) is 16.1 Å². The van der Waals surface area contributed by atoms with E-state index in [9.17, 15) is 14.4 Å². The lowest BCUT2D eigenvalue weighted by molar-refractivity contribution is 0.0464. The van der Waals surface area contributed by atoms with Gasteiger partial charge in [-0.15, -0.1) is 11.3 Å². The van der Waals surface area contributed by atoms with Crippen LogP contribution in [0.3, 0.4) is 0 Å². The number of nitrogens with zero attached hydrogens (tertiary/aromatic N) is 2. The Labute approximate surface area is 156 Å². The Morgan fingerprint density at radius 1 is 1.30 bits per heavy atom. The predicted octanol–water partition coefficient (Wildman–Crippen LogP) is 1.09. The lowest BCUT2D eigenvalue weighted by atomic mass is 10.3. The van der Waals surface area contributed by atoms with E-state index in [-0.39, 0.29) is 25.3 Å². The Balaban J connectivity index is 1.65. The Hall–Kier alpha value is -3.24. The number of carbonyl (C=O) groups is 1. The third kappa shape index (κ3) is 4.68. The number of carbonyl (C=O) groups excluding carboxylic acids is 1. The van der Waals surface area contributed by atoms with Crippen molar-refractivity contribution in [3.05, 3.63) is 74.0 Å². The van der Waals surface area contributed by atoms with Crippen LogP contribution in [0.15, 0.2) is 51.5 Å². The lowest BCUT2D eigenvalue weighted by Crippen LogP contribution is -2.34. The van der Waals surface area contributed by atoms with Gasteiger partial charge in [-0.2, -0.15) is 0 Å². The summed E-state index contributed by atoms with van der Waals surface area (Å²) in [6.45, 7) is -0.475. The normalized spacial score (nSPS) is 10.6. The molecule has 3 aromatic rings. The fourth-order valence-electron chi connectivity index (χ4n) is 2.22. The van der Waals surface area contributed by atoms with Crippen LogP contribution in [0.4, 0.5) is 10.8 Å². The monoisotopic (exact) mass is 388 g/mol. The summed E-state index contributed by atoms with van der Waals surface area (Å²) >= 11 is 1.35. The molecular formula is C17H16N4O5S. The standard InChI is InChI=1S/C17H16N4O5S/c22-7-6-21-8-13(14(23)20-17(21)25)15(24)26-9-12-10-27-16(19-12)18-11-4-2-1-3-5-11/h1-5,8,10,22H,6-7,9H2,(H,18,19)(H,20,23,25). The summed E-state index contributed by atoms with van der Waals surface area (Å²) in [5, 5.41) is 14.4. The average molecular weight is 388 g/mol. The molecule has 27 heavy (non-hydrogen) atoms. The first kappa shape index (κ1) is 18.5. The van der Waals surface area contributed by atoms with E-state index in [1.807, 2.05) is 35.3 Å². The molecule has 3 rings (SSSR count). The molecule has 0 spiro atoms. The van der Waals surface area contributed by atoms with Gasteiger partial charge < -0.3 is 15.2 Å². The molecule has 0 unspecified atom stereocenters. The summed E-state index contributed by atoms with van der Waals surface area (Å²) in [4.78, 5) is 41.8. The summed E-state index contributed by atoms with van der Waals surface area (Å²) in [5.74, 6) is -0.881. The van der Waals surface area contributed by atoms with E-state index in [1.165, 1.54) is 11.3 Å². The van der Waals surface area contributed by atoms with Crippen molar-refractivity contribution in [2.45, 2.75) is 13.2 Å². The highest BCUT2D eigenvalue weighted by molar-refractivity contribution is 7.13. The van der Waals surface area contributed by atoms with Gasteiger partial charge in [-0.25, -0.2) is 14.6 Å². The molecule has 140 valence electrons. The van der Waals surface area contributed by atoms with Crippen molar-refractivity contribution >= 4 is 28.1 Å². The Kier molecular flexibility index (Phi) is 5.79. The highest BCUT2D eigenvalue weighted by Crippen LogP contribution is 2.21. The molecule has 0 atom stereocenters. The molecule has 0 amide bonds. The van der Waals surface area contributed by atoms with Crippen LogP contribution in [0.5, 0.6) is 0 Å². The summed E-state index contributed by atoms with van der Waals surface area (Å²) in [7, 11) is 0. The van der Waals surface area contributed by atoms with Crippen molar-refractivity contribution < 1.29 is 14.6 Å². The van der Waals surface area contributed by atoms with Gasteiger partial charge in [0.1, 0.15) is 12.2 Å². The van der Waals surface area contributed by atoms with E-state index in [1.54, 1.807) is 5.38 Å². The molecule has 2 aromatic heterocycles. The second kappa shape index (κ2) is 8.43. The number of rotatable bonds is 7.